The van der Waals surface area contributed by atoms with Crippen LogP contribution in [-0.2, 0) is 4.79 Å². The minimum absolute atomic E-state index is 0.194. The Morgan fingerprint density at radius 2 is 1.95 bits per heavy atom. The number of hydrazone groups is 1. The van der Waals surface area contributed by atoms with Crippen LogP contribution in [0.25, 0.3) is 0 Å². The van der Waals surface area contributed by atoms with Crippen LogP contribution in [0, 0.1) is 0 Å². The monoisotopic (exact) mass is 383 g/mol. The normalized spacial score (nSPS) is 10.6. The van der Waals surface area contributed by atoms with Crippen molar-refractivity contribution >= 4 is 45.6 Å². The molecule has 22 heavy (non-hydrogen) atoms. The number of furan rings is 1. The number of nitrogens with one attached hydrogen (secondary N) is 2. The second-order valence-electron chi connectivity index (χ2n) is 4.12. The van der Waals surface area contributed by atoms with Crippen LogP contribution in [-0.4, -0.2) is 24.6 Å². The van der Waals surface area contributed by atoms with Crippen molar-refractivity contribution in [3.63, 3.8) is 0 Å². The van der Waals surface area contributed by atoms with E-state index in [1.807, 2.05) is 0 Å². The van der Waals surface area contributed by atoms with Crippen LogP contribution in [0.5, 0.6) is 0 Å². The van der Waals surface area contributed by atoms with E-state index >= 15 is 0 Å². The Morgan fingerprint density at radius 1 is 1.23 bits per heavy atom. The zero-order valence-corrected chi connectivity index (χ0v) is 13.5. The maximum absolute atomic E-state index is 11.8. The first-order valence-electron chi connectivity index (χ1n) is 6.15. The van der Waals surface area contributed by atoms with Gasteiger partial charge in [0.2, 0.25) is 0 Å². The van der Waals surface area contributed by atoms with Crippen molar-refractivity contribution in [1.82, 2.24) is 10.7 Å². The molecular weight excluding hydrogens is 374 g/mol. The van der Waals surface area contributed by atoms with Crippen LogP contribution in [0.2, 0.25) is 5.02 Å². The van der Waals surface area contributed by atoms with E-state index in [1.165, 1.54) is 6.21 Å². The minimum Gasteiger partial charge on any atom is -0.448 e. The number of benzene rings is 1. The summed E-state index contributed by atoms with van der Waals surface area (Å²) in [6, 6.07) is 9.73. The van der Waals surface area contributed by atoms with Crippen LogP contribution in [0.1, 0.15) is 16.1 Å². The summed E-state index contributed by atoms with van der Waals surface area (Å²) in [5, 5.41) is 6.72. The van der Waals surface area contributed by atoms with Crippen LogP contribution in [0.4, 0.5) is 0 Å². The van der Waals surface area contributed by atoms with Gasteiger partial charge in [-0.1, -0.05) is 11.6 Å². The Kier molecular flexibility index (Phi) is 5.74. The van der Waals surface area contributed by atoms with Gasteiger partial charge >= 0.3 is 0 Å². The highest BCUT2D eigenvalue weighted by atomic mass is 79.9. The molecular formula is C14H11BrClN3O3. The maximum Gasteiger partial charge on any atom is 0.259 e. The molecule has 0 spiro atoms. The van der Waals surface area contributed by atoms with Crippen LogP contribution in [0.15, 0.2) is 50.6 Å². The van der Waals surface area contributed by atoms with Gasteiger partial charge in [0.1, 0.15) is 5.76 Å². The molecule has 0 aliphatic rings. The van der Waals surface area contributed by atoms with Crippen molar-refractivity contribution in [2.75, 3.05) is 6.54 Å². The minimum atomic E-state index is -0.454. The number of halogens is 2. The summed E-state index contributed by atoms with van der Waals surface area (Å²) in [7, 11) is 0. The van der Waals surface area contributed by atoms with Gasteiger partial charge in [-0.2, -0.15) is 5.10 Å². The van der Waals surface area contributed by atoms with Gasteiger partial charge in [-0.15, -0.1) is 0 Å². The van der Waals surface area contributed by atoms with E-state index in [0.29, 0.717) is 21.0 Å². The van der Waals surface area contributed by atoms with E-state index in [2.05, 4.69) is 31.8 Å². The molecule has 1 aromatic heterocycles. The smallest absolute Gasteiger partial charge is 0.259 e. The van der Waals surface area contributed by atoms with Crippen molar-refractivity contribution in [3.8, 4) is 0 Å². The quantitative estimate of drug-likeness (QED) is 0.614. The third-order valence-corrected chi connectivity index (χ3v) is 3.17. The molecule has 2 rings (SSSR count). The summed E-state index contributed by atoms with van der Waals surface area (Å²) in [5.41, 5.74) is 2.69. The van der Waals surface area contributed by atoms with Crippen LogP contribution < -0.4 is 10.7 Å². The topological polar surface area (TPSA) is 83.7 Å². The lowest BCUT2D eigenvalue weighted by molar-refractivity contribution is -0.120. The fourth-order valence-corrected chi connectivity index (χ4v) is 1.91. The van der Waals surface area contributed by atoms with Crippen molar-refractivity contribution < 1.29 is 14.0 Å². The maximum atomic E-state index is 11.8. The number of amides is 2. The fraction of sp³-hybridized carbons (Fsp3) is 0.0714. The number of hydrogen-bond acceptors (Lipinski definition) is 4. The lowest BCUT2D eigenvalue weighted by Crippen LogP contribution is -2.34. The third kappa shape index (κ3) is 5.01. The zero-order valence-electron chi connectivity index (χ0n) is 11.2. The highest BCUT2D eigenvalue weighted by molar-refractivity contribution is 9.10. The molecule has 0 saturated heterocycles. The molecule has 6 nitrogen and oxygen atoms in total. The summed E-state index contributed by atoms with van der Waals surface area (Å²) < 4.78 is 5.73. The Hall–Kier alpha value is -2.12. The van der Waals surface area contributed by atoms with Gasteiger partial charge in [-0.3, -0.25) is 9.59 Å². The predicted molar refractivity (Wildman–Crippen MR) is 85.9 cm³/mol. The van der Waals surface area contributed by atoms with Gasteiger partial charge in [0.25, 0.3) is 11.8 Å². The first-order chi connectivity index (χ1) is 10.5. The van der Waals surface area contributed by atoms with Crippen molar-refractivity contribution in [2.24, 2.45) is 5.10 Å². The molecule has 0 radical (unpaired) electrons. The SMILES string of the molecule is O=C(CNC(=O)c1ccc(Cl)cc1)NN=Cc1ccc(Br)o1. The average Bonchev–Trinajstić information content (AvgIpc) is 2.91. The molecule has 0 saturated carbocycles. The summed E-state index contributed by atoms with van der Waals surface area (Å²) in [6.45, 7) is -0.194. The molecule has 0 aliphatic carbocycles. The van der Waals surface area contributed by atoms with Crippen LogP contribution in [0.3, 0.4) is 0 Å². The van der Waals surface area contributed by atoms with Crippen LogP contribution >= 0.6 is 27.5 Å². The van der Waals surface area contributed by atoms with E-state index in [1.54, 1.807) is 36.4 Å². The van der Waals surface area contributed by atoms with Gasteiger partial charge < -0.3 is 9.73 Å². The zero-order chi connectivity index (χ0) is 15.9. The van der Waals surface area contributed by atoms with E-state index in [-0.39, 0.29) is 12.5 Å². The Bertz CT molecular complexity index is 698. The molecule has 2 amide bonds. The van der Waals surface area contributed by atoms with E-state index in [4.69, 9.17) is 16.0 Å². The lowest BCUT2D eigenvalue weighted by Gasteiger charge is -2.04. The van der Waals surface area contributed by atoms with E-state index in [0.717, 1.165) is 0 Å². The Balaban J connectivity index is 1.76. The summed E-state index contributed by atoms with van der Waals surface area (Å²) >= 11 is 8.88. The number of carbonyl (C=O) groups excluding carboxylic acids is 2. The average molecular weight is 385 g/mol. The first-order valence-corrected chi connectivity index (χ1v) is 7.33. The van der Waals surface area contributed by atoms with Gasteiger partial charge in [-0.25, -0.2) is 5.43 Å². The third-order valence-electron chi connectivity index (χ3n) is 2.49. The Morgan fingerprint density at radius 3 is 2.59 bits per heavy atom. The highest BCUT2D eigenvalue weighted by Gasteiger charge is 2.07. The number of hydrogen-bond donors (Lipinski definition) is 2. The number of carbonyl (C=O) groups is 2. The standard InChI is InChI=1S/C14H11BrClN3O3/c15-12-6-5-11(22-12)7-18-19-13(20)8-17-14(21)9-1-3-10(16)4-2-9/h1-7H,8H2,(H,17,21)(H,19,20). The first kappa shape index (κ1) is 16.3. The van der Waals surface area contributed by atoms with Crippen molar-refractivity contribution in [1.29, 1.82) is 0 Å². The largest absolute Gasteiger partial charge is 0.448 e. The summed E-state index contributed by atoms with van der Waals surface area (Å²) in [5.74, 6) is -0.340. The van der Waals surface area contributed by atoms with Gasteiger partial charge in [0.15, 0.2) is 4.67 Å². The van der Waals surface area contributed by atoms with Gasteiger partial charge in [0.05, 0.1) is 12.8 Å². The van der Waals surface area contributed by atoms with Gasteiger partial charge in [0, 0.05) is 10.6 Å². The fourth-order valence-electron chi connectivity index (χ4n) is 1.47. The number of rotatable bonds is 5. The molecule has 1 aromatic carbocycles. The summed E-state index contributed by atoms with van der Waals surface area (Å²) in [6.07, 6.45) is 1.35. The Labute approximate surface area is 139 Å². The molecule has 0 bridgehead atoms. The van der Waals surface area contributed by atoms with Crippen molar-refractivity contribution in [2.45, 2.75) is 0 Å². The second kappa shape index (κ2) is 7.77. The number of nitrogens with zero attached hydrogens (tertiary/aromatic N) is 1. The predicted octanol–water partition coefficient (Wildman–Crippen LogP) is 2.58. The molecule has 0 unspecified atom stereocenters. The van der Waals surface area contributed by atoms with E-state index in [9.17, 15) is 9.59 Å². The van der Waals surface area contributed by atoms with Crippen molar-refractivity contribution in [3.05, 3.63) is 57.4 Å². The second-order valence-corrected chi connectivity index (χ2v) is 5.34. The molecule has 0 fully saturated rings. The molecule has 0 aliphatic heterocycles. The molecule has 2 N–H and O–H groups in total. The molecule has 8 heteroatoms. The van der Waals surface area contributed by atoms with Gasteiger partial charge in [-0.05, 0) is 52.3 Å². The molecule has 114 valence electrons. The molecule has 1 heterocycles. The summed E-state index contributed by atoms with van der Waals surface area (Å²) in [4.78, 5) is 23.3. The van der Waals surface area contributed by atoms with E-state index < -0.39 is 5.91 Å². The molecule has 0 atom stereocenters. The molecule has 2 aromatic rings. The highest BCUT2D eigenvalue weighted by Crippen LogP contribution is 2.12. The lowest BCUT2D eigenvalue weighted by atomic mass is 10.2.